The van der Waals surface area contributed by atoms with Crippen LogP contribution in [0.1, 0.15) is 37.7 Å². The van der Waals surface area contributed by atoms with Crippen LogP contribution in [0.4, 0.5) is 24.0 Å². The molecule has 9 nitrogen and oxygen atoms in total. The molecule has 0 bridgehead atoms. The number of anilines is 2. The lowest BCUT2D eigenvalue weighted by atomic mass is 9.74. The highest BCUT2D eigenvalue weighted by atomic mass is 35.5. The molecule has 14 heteroatoms. The summed E-state index contributed by atoms with van der Waals surface area (Å²) < 4.78 is 65.1. The number of ether oxygens (including phenoxy) is 3. The van der Waals surface area contributed by atoms with Crippen LogP contribution in [0.5, 0.6) is 11.8 Å². The molecule has 1 spiro atoms. The summed E-state index contributed by atoms with van der Waals surface area (Å²) in [6, 6.07) is 4.53. The molecule has 244 valence electrons. The molecule has 0 saturated carbocycles. The van der Waals surface area contributed by atoms with E-state index in [9.17, 15) is 14.0 Å². The topological polar surface area (TPSA) is 110 Å². The Labute approximate surface area is 276 Å². The van der Waals surface area contributed by atoms with Crippen LogP contribution in [-0.2, 0) is 4.74 Å². The molecule has 7 heterocycles. The van der Waals surface area contributed by atoms with Crippen molar-refractivity contribution in [3.63, 3.8) is 0 Å². The summed E-state index contributed by atoms with van der Waals surface area (Å²) in [4.78, 5) is 13.7. The molecule has 0 amide bonds. The Hall–Kier alpha value is -3.57. The summed E-state index contributed by atoms with van der Waals surface area (Å²) in [7, 11) is 0. The maximum Gasteiger partial charge on any atom is 0.319 e. The number of nitrogen functional groups attached to an aromatic ring is 1. The molecule has 4 fully saturated rings. The van der Waals surface area contributed by atoms with Crippen LogP contribution in [0.25, 0.3) is 32.1 Å². The van der Waals surface area contributed by atoms with E-state index in [4.69, 9.17) is 36.5 Å². The van der Waals surface area contributed by atoms with E-state index in [1.807, 2.05) is 6.07 Å². The molecule has 0 unspecified atom stereocenters. The van der Waals surface area contributed by atoms with E-state index in [2.05, 4.69) is 14.8 Å². The number of nitrogens with zero attached hydrogens (tertiary/aromatic N) is 5. The minimum atomic E-state index is -0.933. The quantitative estimate of drug-likeness (QED) is 0.268. The van der Waals surface area contributed by atoms with Crippen LogP contribution < -0.4 is 20.1 Å². The number of piperidine rings is 1. The highest BCUT2D eigenvalue weighted by Gasteiger charge is 2.50. The van der Waals surface area contributed by atoms with Gasteiger partial charge in [-0.25, -0.2) is 13.2 Å². The summed E-state index contributed by atoms with van der Waals surface area (Å²) in [6.07, 6.45) is 2.84. The predicted molar refractivity (Wildman–Crippen MR) is 172 cm³/mol. The molecule has 5 aliphatic heterocycles. The van der Waals surface area contributed by atoms with E-state index in [1.54, 1.807) is 0 Å². The number of rotatable bonds is 4. The summed E-state index contributed by atoms with van der Waals surface area (Å²) in [5.41, 5.74) is 5.80. The second-order valence-electron chi connectivity index (χ2n) is 13.6. The van der Waals surface area contributed by atoms with Crippen LogP contribution in [-0.4, -0.2) is 78.7 Å². The van der Waals surface area contributed by atoms with Gasteiger partial charge in [0, 0.05) is 35.9 Å². The normalized spacial score (nSPS) is 26.1. The third kappa shape index (κ3) is 4.27. The van der Waals surface area contributed by atoms with E-state index in [0.29, 0.717) is 43.9 Å². The van der Waals surface area contributed by atoms with Crippen LogP contribution in [0.2, 0.25) is 5.02 Å². The van der Waals surface area contributed by atoms with Gasteiger partial charge in [0.1, 0.15) is 47.6 Å². The first-order chi connectivity index (χ1) is 22.7. The molecule has 5 aliphatic rings. The van der Waals surface area contributed by atoms with Crippen molar-refractivity contribution in [2.24, 2.45) is 5.41 Å². The Morgan fingerprint density at radius 1 is 1.17 bits per heavy atom. The minimum Gasteiger partial charge on any atom is -0.489 e. The van der Waals surface area contributed by atoms with Gasteiger partial charge in [-0.3, -0.25) is 4.90 Å². The fraction of sp³-hybridized carbons (Fsp3) is 0.485. The maximum atomic E-state index is 17.2. The predicted octanol–water partition coefficient (Wildman–Crippen LogP) is 6.23. The van der Waals surface area contributed by atoms with Gasteiger partial charge in [-0.2, -0.15) is 15.2 Å². The minimum absolute atomic E-state index is 0.0242. The van der Waals surface area contributed by atoms with E-state index < -0.39 is 23.3 Å². The van der Waals surface area contributed by atoms with E-state index in [0.717, 1.165) is 43.6 Å². The molecule has 2 N–H and O–H groups in total. The second kappa shape index (κ2) is 10.5. The Bertz CT molecular complexity index is 2040. The van der Waals surface area contributed by atoms with Crippen LogP contribution >= 0.6 is 22.9 Å². The standard InChI is InChI=1S/C33H30ClF3N6O3S/c34-24-22(18-2-3-20(36)28-21(18)19(10-38)29(39)47-28)25(37)26-23-27(24)45-12-17-9-32(13-44-14-32)5-7-43(17)30(23)41-31(40-26)46-15-33-4-1-6-42(33)11-16(35)8-33/h2-3,16-17H,1,4-9,11-15,39H2/t16-,17+,33+/m1/s1. The number of thiophene rings is 1. The zero-order chi connectivity index (χ0) is 32.2. The first kappa shape index (κ1) is 29.6. The average molecular weight is 683 g/mol. The van der Waals surface area contributed by atoms with Gasteiger partial charge in [0.05, 0.1) is 45.5 Å². The van der Waals surface area contributed by atoms with E-state index >= 15 is 4.39 Å². The van der Waals surface area contributed by atoms with Gasteiger partial charge < -0.3 is 24.8 Å². The molecule has 4 aromatic rings. The monoisotopic (exact) mass is 682 g/mol. The lowest BCUT2D eigenvalue weighted by molar-refractivity contribution is -0.131. The molecule has 0 aliphatic carbocycles. The van der Waals surface area contributed by atoms with Gasteiger partial charge in [-0.1, -0.05) is 17.7 Å². The highest BCUT2D eigenvalue weighted by Crippen LogP contribution is 2.53. The van der Waals surface area contributed by atoms with Gasteiger partial charge >= 0.3 is 6.01 Å². The van der Waals surface area contributed by atoms with Crippen LogP contribution in [0.15, 0.2) is 12.1 Å². The smallest absolute Gasteiger partial charge is 0.319 e. The third-order valence-electron chi connectivity index (χ3n) is 10.9. The van der Waals surface area contributed by atoms with Crippen LogP contribution in [0, 0.1) is 28.4 Å². The van der Waals surface area contributed by atoms with Crippen molar-refractivity contribution < 1.29 is 27.4 Å². The summed E-state index contributed by atoms with van der Waals surface area (Å²) in [6.45, 7) is 3.60. The first-order valence-electron chi connectivity index (χ1n) is 15.8. The summed E-state index contributed by atoms with van der Waals surface area (Å²) in [5, 5.41) is 10.5. The van der Waals surface area contributed by atoms with Crippen molar-refractivity contribution in [2.75, 3.05) is 56.7 Å². The van der Waals surface area contributed by atoms with E-state index in [-0.39, 0.29) is 78.7 Å². The molecule has 2 aromatic heterocycles. The van der Waals surface area contributed by atoms with Crippen molar-refractivity contribution in [3.05, 3.63) is 34.4 Å². The molecule has 3 atom stereocenters. The Kier molecular flexibility index (Phi) is 6.58. The molecule has 47 heavy (non-hydrogen) atoms. The van der Waals surface area contributed by atoms with Crippen molar-refractivity contribution in [2.45, 2.75) is 49.9 Å². The van der Waals surface area contributed by atoms with Gasteiger partial charge in [0.15, 0.2) is 11.6 Å². The Balaban J connectivity index is 1.24. The number of hydrogen-bond acceptors (Lipinski definition) is 10. The first-order valence-corrected chi connectivity index (χ1v) is 17.0. The number of aromatic nitrogens is 2. The van der Waals surface area contributed by atoms with Crippen molar-refractivity contribution in [1.82, 2.24) is 14.9 Å². The van der Waals surface area contributed by atoms with Gasteiger partial charge in [0.25, 0.3) is 0 Å². The van der Waals surface area contributed by atoms with Crippen molar-refractivity contribution in [1.29, 1.82) is 5.26 Å². The van der Waals surface area contributed by atoms with Gasteiger partial charge in [0.2, 0.25) is 0 Å². The number of nitrogens with two attached hydrogens (primary N) is 1. The number of halogens is 4. The zero-order valence-corrected chi connectivity index (χ0v) is 26.8. The van der Waals surface area contributed by atoms with Crippen molar-refractivity contribution >= 4 is 54.7 Å². The molecule has 9 rings (SSSR count). The van der Waals surface area contributed by atoms with E-state index in [1.165, 1.54) is 12.1 Å². The maximum absolute atomic E-state index is 17.2. The lowest BCUT2D eigenvalue weighted by Crippen LogP contribution is -2.56. The zero-order valence-electron chi connectivity index (χ0n) is 25.3. The number of benzene rings is 2. The SMILES string of the molecule is N#Cc1c(N)sc2c(F)ccc(-c3c(Cl)c4c5c(nc(OC[C@@]67CCCN6C[C@H](F)C7)nc5c3F)N3CCC5(COC5)C[C@H]3CO4)c12. The Morgan fingerprint density at radius 2 is 2.02 bits per heavy atom. The van der Waals surface area contributed by atoms with Gasteiger partial charge in [-0.15, -0.1) is 11.3 Å². The fourth-order valence-electron chi connectivity index (χ4n) is 8.55. The molecular formula is C33H30ClF3N6O3S. The summed E-state index contributed by atoms with van der Waals surface area (Å²) in [5.74, 6) is -0.689. The molecule has 0 radical (unpaired) electrons. The van der Waals surface area contributed by atoms with Crippen LogP contribution in [0.3, 0.4) is 0 Å². The third-order valence-corrected chi connectivity index (χ3v) is 12.3. The second-order valence-corrected chi connectivity index (χ2v) is 15.0. The number of alkyl halides is 1. The average Bonchev–Trinajstić information content (AvgIpc) is 3.65. The number of nitriles is 1. The molecular weight excluding hydrogens is 653 g/mol. The Morgan fingerprint density at radius 3 is 2.81 bits per heavy atom. The number of fused-ring (bicyclic) bond motifs is 4. The lowest BCUT2D eigenvalue weighted by Gasteiger charge is -2.50. The molecule has 4 saturated heterocycles. The van der Waals surface area contributed by atoms with Crippen molar-refractivity contribution in [3.8, 4) is 29.0 Å². The van der Waals surface area contributed by atoms with Gasteiger partial charge in [-0.05, 0) is 43.9 Å². The fourth-order valence-corrected chi connectivity index (χ4v) is 9.83. The largest absolute Gasteiger partial charge is 0.489 e. The summed E-state index contributed by atoms with van der Waals surface area (Å²) >= 11 is 7.99. The number of hydrogen-bond donors (Lipinski definition) is 1. The molecule has 2 aromatic carbocycles. The highest BCUT2D eigenvalue weighted by molar-refractivity contribution is 7.23.